The summed E-state index contributed by atoms with van der Waals surface area (Å²) in [5, 5.41) is 1.16. The van der Waals surface area contributed by atoms with Gasteiger partial charge in [-0.05, 0) is 48.2 Å². The maximum atomic E-state index is 12.7. The lowest BCUT2D eigenvalue weighted by molar-refractivity contribution is 0.101. The Hall–Kier alpha value is -2.72. The Bertz CT molecular complexity index is 960. The Balaban J connectivity index is 1.40. The minimum Gasteiger partial charge on any atom is -0.479 e. The van der Waals surface area contributed by atoms with Gasteiger partial charge in [0, 0.05) is 18.1 Å². The highest BCUT2D eigenvalue weighted by Gasteiger charge is 2.42. The van der Waals surface area contributed by atoms with E-state index in [2.05, 4.69) is 9.97 Å². The van der Waals surface area contributed by atoms with Crippen LogP contribution in [-0.4, -0.2) is 52.8 Å². The average molecular weight is 450 g/mol. The van der Waals surface area contributed by atoms with Crippen LogP contribution in [0.3, 0.4) is 0 Å². The van der Waals surface area contributed by atoms with Gasteiger partial charge in [0.1, 0.15) is 17.0 Å². The Kier molecular flexibility index (Phi) is 5.87. The second-order valence-corrected chi connectivity index (χ2v) is 8.45. The molecule has 1 aromatic carbocycles. The molecule has 1 fully saturated rings. The molecule has 2 atom stereocenters. The molecule has 30 heavy (non-hydrogen) atoms. The number of amides is 3. The minimum absolute atomic E-state index is 0.189. The summed E-state index contributed by atoms with van der Waals surface area (Å²) in [5.74, 6) is 0.513. The molecule has 0 saturated carbocycles. The number of ether oxygens (including phenoxy) is 2. The zero-order valence-electron chi connectivity index (χ0n) is 16.2. The van der Waals surface area contributed by atoms with Crippen LogP contribution in [0.15, 0.2) is 35.6 Å². The molecule has 11 heteroatoms. The third kappa shape index (κ3) is 4.10. The summed E-state index contributed by atoms with van der Waals surface area (Å²) in [6.45, 7) is 1.16. The van der Waals surface area contributed by atoms with Crippen LogP contribution in [0.5, 0.6) is 5.88 Å². The highest BCUT2D eigenvalue weighted by atomic mass is 35.5. The van der Waals surface area contributed by atoms with E-state index in [1.54, 1.807) is 4.90 Å². The Labute approximate surface area is 182 Å². The zero-order valence-corrected chi connectivity index (χ0v) is 17.7. The molecule has 3 heterocycles. The van der Waals surface area contributed by atoms with Gasteiger partial charge >= 0.3 is 12.1 Å². The van der Waals surface area contributed by atoms with E-state index >= 15 is 0 Å². The van der Waals surface area contributed by atoms with Crippen LogP contribution >= 0.6 is 23.4 Å². The van der Waals surface area contributed by atoms with Gasteiger partial charge in [0.2, 0.25) is 11.4 Å². The molecule has 0 radical (unpaired) electrons. The van der Waals surface area contributed by atoms with E-state index in [1.807, 2.05) is 24.3 Å². The number of carbonyl (C=O) groups excluding carboxylic acids is 2. The first-order chi connectivity index (χ1) is 14.5. The number of anilines is 1. The SMILES string of the molecule is COc1ncnc2c1N(C(N)=O)C(OC(=O)N1CCC(Cc3ccc(Cl)cc3)C1)S2. The van der Waals surface area contributed by atoms with Crippen molar-refractivity contribution in [2.45, 2.75) is 23.4 Å². The van der Waals surface area contributed by atoms with Crippen LogP contribution in [0.4, 0.5) is 15.3 Å². The van der Waals surface area contributed by atoms with Gasteiger partial charge in [-0.25, -0.2) is 19.5 Å². The lowest BCUT2D eigenvalue weighted by atomic mass is 9.99. The molecule has 0 aliphatic carbocycles. The van der Waals surface area contributed by atoms with Crippen LogP contribution < -0.4 is 15.4 Å². The predicted molar refractivity (Wildman–Crippen MR) is 112 cm³/mol. The molecule has 0 bridgehead atoms. The van der Waals surface area contributed by atoms with Crippen LogP contribution in [0.1, 0.15) is 12.0 Å². The third-order valence-electron chi connectivity index (χ3n) is 5.03. The molecule has 1 aromatic heterocycles. The molecule has 2 aliphatic heterocycles. The van der Waals surface area contributed by atoms with Crippen molar-refractivity contribution in [3.05, 3.63) is 41.2 Å². The summed E-state index contributed by atoms with van der Waals surface area (Å²) in [5.41, 5.74) is 6.03. The number of primary amides is 1. The summed E-state index contributed by atoms with van der Waals surface area (Å²) in [6, 6.07) is 6.93. The van der Waals surface area contributed by atoms with E-state index in [9.17, 15) is 9.59 Å². The second kappa shape index (κ2) is 8.57. The first-order valence-electron chi connectivity index (χ1n) is 9.30. The molecule has 1 saturated heterocycles. The van der Waals surface area contributed by atoms with Gasteiger partial charge in [-0.2, -0.15) is 4.98 Å². The zero-order chi connectivity index (χ0) is 21.3. The predicted octanol–water partition coefficient (Wildman–Crippen LogP) is 3.11. The van der Waals surface area contributed by atoms with Crippen molar-refractivity contribution >= 4 is 41.2 Å². The van der Waals surface area contributed by atoms with E-state index in [0.717, 1.165) is 29.5 Å². The number of urea groups is 1. The molecule has 3 amide bonds. The molecule has 2 unspecified atom stereocenters. The van der Waals surface area contributed by atoms with E-state index in [1.165, 1.54) is 19.0 Å². The third-order valence-corrected chi connectivity index (χ3v) is 6.32. The first-order valence-corrected chi connectivity index (χ1v) is 10.6. The number of hydrogen-bond donors (Lipinski definition) is 1. The first kappa shape index (κ1) is 20.5. The Morgan fingerprint density at radius 1 is 1.30 bits per heavy atom. The Morgan fingerprint density at radius 3 is 2.77 bits per heavy atom. The fourth-order valence-electron chi connectivity index (χ4n) is 3.61. The van der Waals surface area contributed by atoms with E-state index in [0.29, 0.717) is 34.7 Å². The van der Waals surface area contributed by atoms with Crippen molar-refractivity contribution in [3.8, 4) is 5.88 Å². The van der Waals surface area contributed by atoms with Crippen molar-refractivity contribution < 1.29 is 19.1 Å². The van der Waals surface area contributed by atoms with Gasteiger partial charge < -0.3 is 20.1 Å². The van der Waals surface area contributed by atoms with Crippen LogP contribution in [-0.2, 0) is 11.2 Å². The van der Waals surface area contributed by atoms with Crippen molar-refractivity contribution in [2.24, 2.45) is 11.7 Å². The number of fused-ring (bicyclic) bond motifs is 1. The number of benzene rings is 1. The van der Waals surface area contributed by atoms with Gasteiger partial charge in [0.15, 0.2) is 0 Å². The number of halogens is 1. The van der Waals surface area contributed by atoms with Gasteiger partial charge in [0.05, 0.1) is 7.11 Å². The molecule has 9 nitrogen and oxygen atoms in total. The largest absolute Gasteiger partial charge is 0.479 e. The number of nitrogens with zero attached hydrogens (tertiary/aromatic N) is 4. The molecule has 0 spiro atoms. The van der Waals surface area contributed by atoms with Crippen LogP contribution in [0, 0.1) is 5.92 Å². The number of methoxy groups -OCH3 is 1. The number of thioether (sulfide) groups is 1. The molecular weight excluding hydrogens is 430 g/mol. The minimum atomic E-state index is -0.967. The van der Waals surface area contributed by atoms with Crippen molar-refractivity contribution in [2.75, 3.05) is 25.1 Å². The standard InChI is InChI=1S/C19H20ClN5O4S/c1-28-15-14-16(23-10-22-15)30-19(25(14)17(21)26)29-18(27)24-7-6-12(9-24)8-11-2-4-13(20)5-3-11/h2-5,10,12,19H,6-9H2,1H3,(H2,21,26). The molecule has 4 rings (SSSR count). The molecule has 158 valence electrons. The van der Waals surface area contributed by atoms with Crippen molar-refractivity contribution in [3.63, 3.8) is 0 Å². The molecule has 2 N–H and O–H groups in total. The maximum absolute atomic E-state index is 12.7. The average Bonchev–Trinajstić information content (AvgIpc) is 3.33. The second-order valence-electron chi connectivity index (χ2n) is 6.98. The number of likely N-dealkylation sites (tertiary alicyclic amines) is 1. The fraction of sp³-hybridized carbons (Fsp3) is 0.368. The lowest BCUT2D eigenvalue weighted by Gasteiger charge is -2.25. The van der Waals surface area contributed by atoms with Crippen LogP contribution in [0.2, 0.25) is 5.02 Å². The smallest absolute Gasteiger partial charge is 0.412 e. The number of hydrogen-bond acceptors (Lipinski definition) is 7. The topological polar surface area (TPSA) is 111 Å². The monoisotopic (exact) mass is 449 g/mol. The van der Waals surface area contributed by atoms with Gasteiger partial charge in [0.25, 0.3) is 0 Å². The van der Waals surface area contributed by atoms with Gasteiger partial charge in [-0.3, -0.25) is 0 Å². The summed E-state index contributed by atoms with van der Waals surface area (Å²) < 4.78 is 10.8. The fourth-order valence-corrected chi connectivity index (χ4v) is 4.78. The normalized spacial score (nSPS) is 20.2. The van der Waals surface area contributed by atoms with Gasteiger partial charge in [-0.15, -0.1) is 0 Å². The summed E-state index contributed by atoms with van der Waals surface area (Å²) in [6.07, 6.45) is 2.53. The van der Waals surface area contributed by atoms with Gasteiger partial charge in [-0.1, -0.05) is 23.7 Å². The van der Waals surface area contributed by atoms with E-state index in [4.69, 9.17) is 26.8 Å². The summed E-state index contributed by atoms with van der Waals surface area (Å²) >= 11 is 7.04. The van der Waals surface area contributed by atoms with Crippen LogP contribution in [0.25, 0.3) is 0 Å². The number of aromatic nitrogens is 2. The molecule has 2 aliphatic rings. The molecular formula is C19H20ClN5O4S. The summed E-state index contributed by atoms with van der Waals surface area (Å²) in [7, 11) is 1.43. The van der Waals surface area contributed by atoms with E-state index in [-0.39, 0.29) is 5.88 Å². The number of rotatable bonds is 4. The lowest BCUT2D eigenvalue weighted by Crippen LogP contribution is -2.44. The number of nitrogens with two attached hydrogens (primary N) is 1. The maximum Gasteiger partial charge on any atom is 0.412 e. The quantitative estimate of drug-likeness (QED) is 0.714. The van der Waals surface area contributed by atoms with E-state index < -0.39 is 17.7 Å². The highest BCUT2D eigenvalue weighted by Crippen LogP contribution is 2.46. The highest BCUT2D eigenvalue weighted by molar-refractivity contribution is 8.00. The number of carbonyl (C=O) groups is 2. The summed E-state index contributed by atoms with van der Waals surface area (Å²) in [4.78, 5) is 35.7. The van der Waals surface area contributed by atoms with Crippen molar-refractivity contribution in [1.82, 2.24) is 14.9 Å². The van der Waals surface area contributed by atoms with Crippen molar-refractivity contribution in [1.29, 1.82) is 0 Å². The Morgan fingerprint density at radius 2 is 2.07 bits per heavy atom. The molecule has 2 aromatic rings.